The lowest BCUT2D eigenvalue weighted by Crippen LogP contribution is -2.06. The van der Waals surface area contributed by atoms with Crippen LogP contribution in [0.5, 0.6) is 0 Å². The van der Waals surface area contributed by atoms with Crippen LogP contribution >= 0.6 is 0 Å². The Morgan fingerprint density at radius 2 is 1.93 bits per heavy atom. The molecule has 0 heterocycles. The summed E-state index contributed by atoms with van der Waals surface area (Å²) in [6.45, 7) is 2.69. The molecular weight excluding hydrogens is 174 g/mol. The first-order valence-electron chi connectivity index (χ1n) is 5.25. The Hall–Kier alpha value is -0.860. The minimum Gasteiger partial charge on any atom is -0.388 e. The lowest BCUT2D eigenvalue weighted by Gasteiger charge is -2.09. The molecule has 0 fully saturated rings. The third-order valence-electron chi connectivity index (χ3n) is 2.34. The number of nitrogens with two attached hydrogens (primary N) is 1. The first-order chi connectivity index (χ1) is 6.77. The van der Waals surface area contributed by atoms with Crippen molar-refractivity contribution in [2.45, 2.75) is 32.3 Å². The minimum atomic E-state index is -0.407. The molecule has 3 N–H and O–H groups in total. The maximum atomic E-state index is 9.66. The SMILES string of the molecule is CCCc1ccc(C(O)CCN)cc1. The molecule has 0 aromatic heterocycles. The molecule has 1 unspecified atom stereocenters. The molecule has 1 aromatic carbocycles. The predicted molar refractivity (Wildman–Crippen MR) is 59.1 cm³/mol. The van der Waals surface area contributed by atoms with Crippen LogP contribution in [0, 0.1) is 0 Å². The van der Waals surface area contributed by atoms with Crippen molar-refractivity contribution < 1.29 is 5.11 Å². The smallest absolute Gasteiger partial charge is 0.0802 e. The fraction of sp³-hybridized carbons (Fsp3) is 0.500. The highest BCUT2D eigenvalue weighted by molar-refractivity contribution is 5.24. The molecule has 0 aliphatic heterocycles. The summed E-state index contributed by atoms with van der Waals surface area (Å²) in [6, 6.07) is 8.15. The van der Waals surface area contributed by atoms with Crippen LogP contribution in [-0.4, -0.2) is 11.7 Å². The lowest BCUT2D eigenvalue weighted by molar-refractivity contribution is 0.170. The zero-order chi connectivity index (χ0) is 10.4. The number of aliphatic hydroxyl groups excluding tert-OH is 1. The monoisotopic (exact) mass is 193 g/mol. The molecular formula is C12H19NO. The van der Waals surface area contributed by atoms with Crippen LogP contribution < -0.4 is 5.73 Å². The van der Waals surface area contributed by atoms with Crippen LogP contribution in [0.1, 0.15) is 37.0 Å². The maximum Gasteiger partial charge on any atom is 0.0802 e. The highest BCUT2D eigenvalue weighted by Crippen LogP contribution is 2.16. The van der Waals surface area contributed by atoms with E-state index in [9.17, 15) is 5.11 Å². The first-order valence-corrected chi connectivity index (χ1v) is 5.25. The van der Waals surface area contributed by atoms with Gasteiger partial charge in [0.1, 0.15) is 0 Å². The Morgan fingerprint density at radius 1 is 1.29 bits per heavy atom. The second-order valence-corrected chi connectivity index (χ2v) is 3.58. The van der Waals surface area contributed by atoms with E-state index in [2.05, 4.69) is 19.1 Å². The van der Waals surface area contributed by atoms with E-state index in [0.717, 1.165) is 18.4 Å². The Labute approximate surface area is 85.8 Å². The molecule has 2 nitrogen and oxygen atoms in total. The van der Waals surface area contributed by atoms with Crippen molar-refractivity contribution in [2.75, 3.05) is 6.54 Å². The van der Waals surface area contributed by atoms with Gasteiger partial charge < -0.3 is 10.8 Å². The highest BCUT2D eigenvalue weighted by Gasteiger charge is 2.05. The summed E-state index contributed by atoms with van der Waals surface area (Å²) in [6.07, 6.45) is 2.49. The molecule has 0 spiro atoms. The number of rotatable bonds is 5. The van der Waals surface area contributed by atoms with Crippen LogP contribution in [0.25, 0.3) is 0 Å². The van der Waals surface area contributed by atoms with Crippen molar-refractivity contribution in [3.8, 4) is 0 Å². The molecule has 0 amide bonds. The summed E-state index contributed by atoms with van der Waals surface area (Å²) in [5, 5.41) is 9.66. The molecule has 2 heteroatoms. The van der Waals surface area contributed by atoms with Gasteiger partial charge in [0.15, 0.2) is 0 Å². The number of aliphatic hydroxyl groups is 1. The topological polar surface area (TPSA) is 46.2 Å². The summed E-state index contributed by atoms with van der Waals surface area (Å²) in [4.78, 5) is 0. The van der Waals surface area contributed by atoms with Crippen LogP contribution in [-0.2, 0) is 6.42 Å². The molecule has 14 heavy (non-hydrogen) atoms. The van der Waals surface area contributed by atoms with E-state index in [1.54, 1.807) is 0 Å². The molecule has 78 valence electrons. The van der Waals surface area contributed by atoms with Gasteiger partial charge in [0.2, 0.25) is 0 Å². The van der Waals surface area contributed by atoms with Gasteiger partial charge in [0, 0.05) is 0 Å². The van der Waals surface area contributed by atoms with Crippen molar-refractivity contribution in [1.29, 1.82) is 0 Å². The average Bonchev–Trinajstić information content (AvgIpc) is 2.20. The summed E-state index contributed by atoms with van der Waals surface area (Å²) >= 11 is 0. The fourth-order valence-corrected chi connectivity index (χ4v) is 1.52. The third-order valence-corrected chi connectivity index (χ3v) is 2.34. The van der Waals surface area contributed by atoms with Crippen molar-refractivity contribution >= 4 is 0 Å². The maximum absolute atomic E-state index is 9.66. The van der Waals surface area contributed by atoms with Gasteiger partial charge in [-0.3, -0.25) is 0 Å². The van der Waals surface area contributed by atoms with Crippen LogP contribution in [0.2, 0.25) is 0 Å². The van der Waals surface area contributed by atoms with Crippen LogP contribution in [0.4, 0.5) is 0 Å². The van der Waals surface area contributed by atoms with Crippen molar-refractivity contribution in [3.05, 3.63) is 35.4 Å². The van der Waals surface area contributed by atoms with E-state index in [4.69, 9.17) is 5.73 Å². The number of hydrogen-bond acceptors (Lipinski definition) is 2. The second-order valence-electron chi connectivity index (χ2n) is 3.58. The van der Waals surface area contributed by atoms with Crippen LogP contribution in [0.3, 0.4) is 0 Å². The number of aryl methyl sites for hydroxylation is 1. The Bertz CT molecular complexity index is 256. The van der Waals surface area contributed by atoms with E-state index in [1.165, 1.54) is 5.56 Å². The van der Waals surface area contributed by atoms with Gasteiger partial charge in [-0.25, -0.2) is 0 Å². The van der Waals surface area contributed by atoms with Crippen LogP contribution in [0.15, 0.2) is 24.3 Å². The van der Waals surface area contributed by atoms with Gasteiger partial charge in [0.05, 0.1) is 6.10 Å². The van der Waals surface area contributed by atoms with Gasteiger partial charge in [-0.1, -0.05) is 37.6 Å². The molecule has 1 aromatic rings. The normalized spacial score (nSPS) is 12.8. The Balaban J connectivity index is 2.62. The van der Waals surface area contributed by atoms with Crippen molar-refractivity contribution in [1.82, 2.24) is 0 Å². The summed E-state index contributed by atoms with van der Waals surface area (Å²) < 4.78 is 0. The predicted octanol–water partition coefficient (Wildman–Crippen LogP) is 2.02. The molecule has 0 bridgehead atoms. The molecule has 0 saturated heterocycles. The largest absolute Gasteiger partial charge is 0.388 e. The summed E-state index contributed by atoms with van der Waals surface area (Å²) in [5.41, 5.74) is 7.68. The van der Waals surface area contributed by atoms with E-state index < -0.39 is 6.10 Å². The van der Waals surface area contributed by atoms with Gasteiger partial charge in [-0.2, -0.15) is 0 Å². The summed E-state index contributed by atoms with van der Waals surface area (Å²) in [7, 11) is 0. The average molecular weight is 193 g/mol. The standard InChI is InChI=1S/C12H19NO/c1-2-3-10-4-6-11(7-5-10)12(14)8-9-13/h4-7,12,14H,2-3,8-9,13H2,1H3. The molecule has 0 aliphatic carbocycles. The van der Waals surface area contributed by atoms with Gasteiger partial charge in [-0.05, 0) is 30.5 Å². The fourth-order valence-electron chi connectivity index (χ4n) is 1.52. The Morgan fingerprint density at radius 3 is 2.43 bits per heavy atom. The van der Waals surface area contributed by atoms with Crippen molar-refractivity contribution in [2.24, 2.45) is 5.73 Å². The van der Waals surface area contributed by atoms with E-state index in [0.29, 0.717) is 13.0 Å². The Kier molecular flexibility index (Phi) is 4.63. The van der Waals surface area contributed by atoms with E-state index in [-0.39, 0.29) is 0 Å². The number of benzene rings is 1. The lowest BCUT2D eigenvalue weighted by atomic mass is 10.0. The minimum absolute atomic E-state index is 0.407. The van der Waals surface area contributed by atoms with Gasteiger partial charge >= 0.3 is 0 Å². The van der Waals surface area contributed by atoms with Crippen molar-refractivity contribution in [3.63, 3.8) is 0 Å². The zero-order valence-corrected chi connectivity index (χ0v) is 8.74. The molecule has 0 radical (unpaired) electrons. The summed E-state index contributed by atoms with van der Waals surface area (Å²) in [5.74, 6) is 0. The number of hydrogen-bond donors (Lipinski definition) is 2. The first kappa shape index (κ1) is 11.2. The van der Waals surface area contributed by atoms with E-state index in [1.807, 2.05) is 12.1 Å². The van der Waals surface area contributed by atoms with Gasteiger partial charge in [0.25, 0.3) is 0 Å². The quantitative estimate of drug-likeness (QED) is 0.751. The zero-order valence-electron chi connectivity index (χ0n) is 8.74. The molecule has 0 aliphatic rings. The highest BCUT2D eigenvalue weighted by atomic mass is 16.3. The molecule has 1 rings (SSSR count). The third kappa shape index (κ3) is 3.13. The van der Waals surface area contributed by atoms with Gasteiger partial charge in [-0.15, -0.1) is 0 Å². The molecule has 1 atom stereocenters. The van der Waals surface area contributed by atoms with E-state index >= 15 is 0 Å². The molecule has 0 saturated carbocycles. The second kappa shape index (κ2) is 5.78.